The number of carboxylic acids is 1. The maximum Gasteiger partial charge on any atom is 0.320 e. The Morgan fingerprint density at radius 2 is 2.00 bits per heavy atom. The van der Waals surface area contributed by atoms with Gasteiger partial charge in [-0.1, -0.05) is 12.1 Å². The fraction of sp³-hybridized carbons (Fsp3) is 0.417. The van der Waals surface area contributed by atoms with Gasteiger partial charge in [0.25, 0.3) is 0 Å². The lowest BCUT2D eigenvalue weighted by Gasteiger charge is -2.08. The Balaban J connectivity index is 2.47. The third-order valence-electron chi connectivity index (χ3n) is 2.25. The molecule has 0 bridgehead atoms. The van der Waals surface area contributed by atoms with Gasteiger partial charge < -0.3 is 20.3 Å². The zero-order valence-corrected chi connectivity index (χ0v) is 9.76. The quantitative estimate of drug-likeness (QED) is 0.683. The summed E-state index contributed by atoms with van der Waals surface area (Å²) in [5.74, 6) is -0.264. The van der Waals surface area contributed by atoms with Crippen LogP contribution in [-0.2, 0) is 16.0 Å². The normalized spacial score (nSPS) is 12.1. The summed E-state index contributed by atoms with van der Waals surface area (Å²) in [7, 11) is 1.61. The minimum atomic E-state index is -0.995. The summed E-state index contributed by atoms with van der Waals surface area (Å²) in [4.78, 5) is 10.6. The third kappa shape index (κ3) is 4.84. The number of hydrogen-bond donors (Lipinski definition) is 2. The number of nitrogens with two attached hydrogens (primary N) is 1. The van der Waals surface area contributed by atoms with Crippen LogP contribution in [0.25, 0.3) is 0 Å². The number of benzene rings is 1. The van der Waals surface area contributed by atoms with Gasteiger partial charge in [0.2, 0.25) is 0 Å². The van der Waals surface area contributed by atoms with E-state index in [1.54, 1.807) is 19.2 Å². The molecule has 1 unspecified atom stereocenters. The number of hydrogen-bond acceptors (Lipinski definition) is 4. The van der Waals surface area contributed by atoms with Crippen LogP contribution in [0.2, 0.25) is 0 Å². The van der Waals surface area contributed by atoms with Crippen LogP contribution in [0.4, 0.5) is 0 Å². The second-order valence-corrected chi connectivity index (χ2v) is 3.63. The van der Waals surface area contributed by atoms with Crippen molar-refractivity contribution in [2.24, 2.45) is 5.73 Å². The molecule has 0 radical (unpaired) electrons. The molecule has 5 heteroatoms. The van der Waals surface area contributed by atoms with E-state index in [-0.39, 0.29) is 0 Å². The molecule has 1 aromatic rings. The maximum absolute atomic E-state index is 10.6. The minimum Gasteiger partial charge on any atom is -0.491 e. The summed E-state index contributed by atoms with van der Waals surface area (Å²) in [5.41, 5.74) is 6.31. The molecular weight excluding hydrogens is 222 g/mol. The van der Waals surface area contributed by atoms with Crippen molar-refractivity contribution in [3.8, 4) is 5.75 Å². The van der Waals surface area contributed by atoms with Gasteiger partial charge in [0, 0.05) is 7.11 Å². The largest absolute Gasteiger partial charge is 0.491 e. The first-order valence-corrected chi connectivity index (χ1v) is 5.32. The van der Waals surface area contributed by atoms with E-state index in [1.165, 1.54) is 0 Å². The molecule has 1 aromatic carbocycles. The molecule has 1 atom stereocenters. The first-order valence-electron chi connectivity index (χ1n) is 5.32. The number of carbonyl (C=O) groups is 1. The zero-order chi connectivity index (χ0) is 12.7. The van der Waals surface area contributed by atoms with Gasteiger partial charge in [0.15, 0.2) is 0 Å². The van der Waals surface area contributed by atoms with Crippen LogP contribution in [0.15, 0.2) is 24.3 Å². The van der Waals surface area contributed by atoms with E-state index >= 15 is 0 Å². The first-order chi connectivity index (χ1) is 8.13. The average Bonchev–Trinajstić information content (AvgIpc) is 2.31. The molecule has 1 rings (SSSR count). The molecule has 0 spiro atoms. The van der Waals surface area contributed by atoms with Crippen LogP contribution >= 0.6 is 0 Å². The van der Waals surface area contributed by atoms with Crippen molar-refractivity contribution in [3.63, 3.8) is 0 Å². The van der Waals surface area contributed by atoms with Gasteiger partial charge >= 0.3 is 5.97 Å². The number of rotatable bonds is 7. The summed E-state index contributed by atoms with van der Waals surface area (Å²) in [5, 5.41) is 8.68. The highest BCUT2D eigenvalue weighted by Crippen LogP contribution is 2.13. The van der Waals surface area contributed by atoms with Gasteiger partial charge in [0.1, 0.15) is 18.4 Å². The first kappa shape index (κ1) is 13.5. The topological polar surface area (TPSA) is 81.8 Å². The van der Waals surface area contributed by atoms with Crippen LogP contribution in [0.5, 0.6) is 5.75 Å². The predicted molar refractivity (Wildman–Crippen MR) is 63.1 cm³/mol. The fourth-order valence-corrected chi connectivity index (χ4v) is 1.31. The number of aliphatic carboxylic acids is 1. The molecule has 0 saturated heterocycles. The van der Waals surface area contributed by atoms with Crippen LogP contribution in [-0.4, -0.2) is 37.4 Å². The van der Waals surface area contributed by atoms with Crippen molar-refractivity contribution < 1.29 is 19.4 Å². The lowest BCUT2D eigenvalue weighted by atomic mass is 10.1. The molecular formula is C12H17NO4. The van der Waals surface area contributed by atoms with Crippen molar-refractivity contribution in [3.05, 3.63) is 29.8 Å². The summed E-state index contributed by atoms with van der Waals surface area (Å²) in [6.07, 6.45) is 0.313. The van der Waals surface area contributed by atoms with E-state index in [0.717, 1.165) is 11.3 Å². The zero-order valence-electron chi connectivity index (χ0n) is 9.76. The van der Waals surface area contributed by atoms with Crippen LogP contribution in [0, 0.1) is 0 Å². The van der Waals surface area contributed by atoms with E-state index in [2.05, 4.69) is 0 Å². The van der Waals surface area contributed by atoms with Crippen molar-refractivity contribution in [1.82, 2.24) is 0 Å². The molecule has 0 heterocycles. The molecule has 0 aromatic heterocycles. The minimum absolute atomic E-state index is 0.313. The van der Waals surface area contributed by atoms with E-state index < -0.39 is 12.0 Å². The van der Waals surface area contributed by atoms with Crippen molar-refractivity contribution >= 4 is 5.97 Å². The Bertz CT molecular complexity index is 350. The van der Waals surface area contributed by atoms with E-state index in [1.807, 2.05) is 12.1 Å². The fourth-order valence-electron chi connectivity index (χ4n) is 1.31. The molecule has 0 aliphatic carbocycles. The second kappa shape index (κ2) is 6.88. The number of carboxylic acid groups (broad SMARTS) is 1. The van der Waals surface area contributed by atoms with E-state index in [9.17, 15) is 4.79 Å². The van der Waals surface area contributed by atoms with Gasteiger partial charge in [-0.3, -0.25) is 4.79 Å². The third-order valence-corrected chi connectivity index (χ3v) is 2.25. The molecule has 0 aliphatic heterocycles. The predicted octanol–water partition coefficient (Wildman–Crippen LogP) is 0.666. The Morgan fingerprint density at radius 1 is 1.35 bits per heavy atom. The second-order valence-electron chi connectivity index (χ2n) is 3.63. The summed E-state index contributed by atoms with van der Waals surface area (Å²) in [6.45, 7) is 1.02. The average molecular weight is 239 g/mol. The Morgan fingerprint density at radius 3 is 2.53 bits per heavy atom. The van der Waals surface area contributed by atoms with Gasteiger partial charge in [0.05, 0.1) is 6.61 Å². The SMILES string of the molecule is COCCOc1ccc(CC(N)C(=O)O)cc1. The molecule has 0 aliphatic rings. The smallest absolute Gasteiger partial charge is 0.320 e. The highest BCUT2D eigenvalue weighted by Gasteiger charge is 2.11. The van der Waals surface area contributed by atoms with Crippen LogP contribution in [0.3, 0.4) is 0 Å². The maximum atomic E-state index is 10.6. The lowest BCUT2D eigenvalue weighted by molar-refractivity contribution is -0.138. The van der Waals surface area contributed by atoms with Crippen molar-refractivity contribution in [2.45, 2.75) is 12.5 Å². The van der Waals surface area contributed by atoms with Gasteiger partial charge in [-0.2, -0.15) is 0 Å². The molecule has 17 heavy (non-hydrogen) atoms. The molecule has 0 fully saturated rings. The molecule has 0 saturated carbocycles. The highest BCUT2D eigenvalue weighted by molar-refractivity contribution is 5.73. The Labute approximate surface area is 100 Å². The molecule has 0 amide bonds. The summed E-state index contributed by atoms with van der Waals surface area (Å²) >= 11 is 0. The Kier molecular flexibility index (Phi) is 5.45. The van der Waals surface area contributed by atoms with Gasteiger partial charge in [-0.15, -0.1) is 0 Å². The van der Waals surface area contributed by atoms with E-state index in [4.69, 9.17) is 20.3 Å². The summed E-state index contributed by atoms with van der Waals surface area (Å²) in [6, 6.07) is 6.34. The van der Waals surface area contributed by atoms with Crippen molar-refractivity contribution in [1.29, 1.82) is 0 Å². The molecule has 3 N–H and O–H groups in total. The Hall–Kier alpha value is -1.59. The van der Waals surface area contributed by atoms with E-state index in [0.29, 0.717) is 19.6 Å². The molecule has 94 valence electrons. The van der Waals surface area contributed by atoms with Gasteiger partial charge in [-0.05, 0) is 24.1 Å². The standard InChI is InChI=1S/C12H17NO4/c1-16-6-7-17-10-4-2-9(3-5-10)8-11(13)12(14)15/h2-5,11H,6-8,13H2,1H3,(H,14,15). The van der Waals surface area contributed by atoms with Crippen LogP contribution < -0.4 is 10.5 Å². The lowest BCUT2D eigenvalue weighted by Crippen LogP contribution is -2.32. The van der Waals surface area contributed by atoms with Gasteiger partial charge in [-0.25, -0.2) is 0 Å². The number of methoxy groups -OCH3 is 1. The molecule has 5 nitrogen and oxygen atoms in total. The monoisotopic (exact) mass is 239 g/mol. The van der Waals surface area contributed by atoms with Crippen molar-refractivity contribution in [2.75, 3.05) is 20.3 Å². The summed E-state index contributed by atoms with van der Waals surface area (Å²) < 4.78 is 10.2. The van der Waals surface area contributed by atoms with Crippen LogP contribution in [0.1, 0.15) is 5.56 Å². The number of ether oxygens (including phenoxy) is 2. The highest BCUT2D eigenvalue weighted by atomic mass is 16.5.